The molecular formula is C24H29ClN4O4. The van der Waals surface area contributed by atoms with E-state index >= 15 is 0 Å². The first-order valence-electron chi connectivity index (χ1n) is 11.1. The van der Waals surface area contributed by atoms with Gasteiger partial charge in [-0.05, 0) is 42.8 Å². The van der Waals surface area contributed by atoms with Gasteiger partial charge in [-0.15, -0.1) is 0 Å². The molecule has 0 spiro atoms. The van der Waals surface area contributed by atoms with Crippen molar-refractivity contribution in [2.45, 2.75) is 19.8 Å². The Morgan fingerprint density at radius 1 is 1.06 bits per heavy atom. The molecule has 0 radical (unpaired) electrons. The van der Waals surface area contributed by atoms with Crippen LogP contribution in [0.4, 0.5) is 11.4 Å². The number of piperazine rings is 1. The van der Waals surface area contributed by atoms with Gasteiger partial charge in [0, 0.05) is 49.0 Å². The van der Waals surface area contributed by atoms with Gasteiger partial charge in [-0.1, -0.05) is 31.0 Å². The molecule has 0 aliphatic carbocycles. The number of nitrogens with zero attached hydrogens (tertiary/aromatic N) is 2. The van der Waals surface area contributed by atoms with E-state index < -0.39 is 11.9 Å². The van der Waals surface area contributed by atoms with Gasteiger partial charge in [0.1, 0.15) is 0 Å². The molecule has 1 fully saturated rings. The molecule has 3 rings (SSSR count). The first-order chi connectivity index (χ1) is 15.9. The predicted octanol–water partition coefficient (Wildman–Crippen LogP) is 3.33. The van der Waals surface area contributed by atoms with E-state index in [4.69, 9.17) is 11.6 Å². The van der Waals surface area contributed by atoms with Crippen molar-refractivity contribution in [3.8, 4) is 0 Å². The van der Waals surface area contributed by atoms with Crippen molar-refractivity contribution in [3.05, 3.63) is 58.6 Å². The number of hydrogen-bond donors (Lipinski definition) is 3. The third kappa shape index (κ3) is 6.94. The summed E-state index contributed by atoms with van der Waals surface area (Å²) in [5.41, 5.74) is 1.34. The number of nitrogens with one attached hydrogen (secondary N) is 2. The zero-order valence-electron chi connectivity index (χ0n) is 18.6. The summed E-state index contributed by atoms with van der Waals surface area (Å²) in [5, 5.41) is 15.7. The summed E-state index contributed by atoms with van der Waals surface area (Å²) in [4.78, 5) is 40.6. The van der Waals surface area contributed by atoms with E-state index in [2.05, 4.69) is 27.4 Å². The first-order valence-corrected chi connectivity index (χ1v) is 11.4. The summed E-state index contributed by atoms with van der Waals surface area (Å²) < 4.78 is 0. The fourth-order valence-electron chi connectivity index (χ4n) is 3.67. The Morgan fingerprint density at radius 2 is 1.82 bits per heavy atom. The summed E-state index contributed by atoms with van der Waals surface area (Å²) >= 11 is 5.94. The van der Waals surface area contributed by atoms with Crippen molar-refractivity contribution in [1.29, 1.82) is 0 Å². The van der Waals surface area contributed by atoms with Gasteiger partial charge in [0.15, 0.2) is 0 Å². The van der Waals surface area contributed by atoms with Gasteiger partial charge in [-0.2, -0.15) is 0 Å². The molecule has 0 unspecified atom stereocenters. The molecule has 0 saturated carbocycles. The van der Waals surface area contributed by atoms with E-state index in [0.29, 0.717) is 49.9 Å². The quantitative estimate of drug-likeness (QED) is 0.484. The standard InChI is InChI=1S/C24H29ClN4O4/c1-2-3-9-26-22(30)16-28-10-12-29(13-11-28)19-7-8-21(20(15-19)24(32)33)27-23(31)17-5-4-6-18(25)14-17/h4-8,14-15H,2-3,9-13,16H2,1H3,(H,26,30)(H,27,31)(H,32,33). The number of hydrogen-bond acceptors (Lipinski definition) is 5. The minimum atomic E-state index is -1.12. The molecule has 1 aliphatic heterocycles. The van der Waals surface area contributed by atoms with Crippen molar-refractivity contribution >= 4 is 40.8 Å². The lowest BCUT2D eigenvalue weighted by Crippen LogP contribution is -2.49. The minimum absolute atomic E-state index is 0.0145. The number of anilines is 2. The van der Waals surface area contributed by atoms with E-state index in [9.17, 15) is 19.5 Å². The second-order valence-electron chi connectivity index (χ2n) is 7.97. The number of rotatable bonds is 9. The average molecular weight is 473 g/mol. The van der Waals surface area contributed by atoms with Gasteiger partial charge < -0.3 is 20.6 Å². The Kier molecular flexibility index (Phi) is 8.68. The maximum absolute atomic E-state index is 12.5. The van der Waals surface area contributed by atoms with Crippen molar-refractivity contribution in [2.75, 3.05) is 49.5 Å². The Bertz CT molecular complexity index is 1010. The molecule has 3 N–H and O–H groups in total. The van der Waals surface area contributed by atoms with Crippen LogP contribution in [0.2, 0.25) is 5.02 Å². The molecule has 1 heterocycles. The smallest absolute Gasteiger partial charge is 0.337 e. The Balaban J connectivity index is 1.62. The molecular weight excluding hydrogens is 444 g/mol. The average Bonchev–Trinajstić information content (AvgIpc) is 2.80. The summed E-state index contributed by atoms with van der Waals surface area (Å²) in [6.45, 7) is 5.92. The number of carbonyl (C=O) groups excluding carboxylic acids is 2. The van der Waals surface area contributed by atoms with Crippen LogP contribution in [0.1, 0.15) is 40.5 Å². The normalized spacial score (nSPS) is 14.1. The van der Waals surface area contributed by atoms with Gasteiger partial charge in [0.05, 0.1) is 17.8 Å². The van der Waals surface area contributed by atoms with Crippen LogP contribution in [0.5, 0.6) is 0 Å². The fraction of sp³-hybridized carbons (Fsp3) is 0.375. The van der Waals surface area contributed by atoms with Crippen LogP contribution < -0.4 is 15.5 Å². The minimum Gasteiger partial charge on any atom is -0.478 e. The lowest BCUT2D eigenvalue weighted by molar-refractivity contribution is -0.122. The third-order valence-electron chi connectivity index (χ3n) is 5.53. The van der Waals surface area contributed by atoms with Crippen LogP contribution in [0.3, 0.4) is 0 Å². The summed E-state index contributed by atoms with van der Waals surface area (Å²) in [5.74, 6) is -1.52. The van der Waals surface area contributed by atoms with Gasteiger partial charge in [0.25, 0.3) is 5.91 Å². The van der Waals surface area contributed by atoms with E-state index in [-0.39, 0.29) is 17.2 Å². The predicted molar refractivity (Wildman–Crippen MR) is 129 cm³/mol. The third-order valence-corrected chi connectivity index (χ3v) is 5.76. The highest BCUT2D eigenvalue weighted by atomic mass is 35.5. The number of benzene rings is 2. The highest BCUT2D eigenvalue weighted by molar-refractivity contribution is 6.31. The maximum Gasteiger partial charge on any atom is 0.337 e. The highest BCUT2D eigenvalue weighted by Gasteiger charge is 2.21. The second kappa shape index (κ2) is 11.7. The van der Waals surface area contributed by atoms with Gasteiger partial charge in [-0.3, -0.25) is 14.5 Å². The Hall–Kier alpha value is -3.10. The largest absolute Gasteiger partial charge is 0.478 e. The number of halogens is 1. The maximum atomic E-state index is 12.5. The number of aromatic carboxylic acids is 1. The van der Waals surface area contributed by atoms with E-state index in [1.165, 1.54) is 6.07 Å². The summed E-state index contributed by atoms with van der Waals surface area (Å²) in [6, 6.07) is 11.4. The SMILES string of the molecule is CCCCNC(=O)CN1CCN(c2ccc(NC(=O)c3cccc(Cl)c3)c(C(=O)O)c2)CC1. The van der Waals surface area contributed by atoms with Gasteiger partial charge >= 0.3 is 5.97 Å². The van der Waals surface area contributed by atoms with Crippen LogP contribution in [0.25, 0.3) is 0 Å². The zero-order valence-corrected chi connectivity index (χ0v) is 19.4. The topological polar surface area (TPSA) is 102 Å². The lowest BCUT2D eigenvalue weighted by atomic mass is 10.1. The number of carboxylic acid groups (broad SMARTS) is 1. The van der Waals surface area contributed by atoms with E-state index in [1.807, 2.05) is 0 Å². The van der Waals surface area contributed by atoms with Crippen LogP contribution in [0, 0.1) is 0 Å². The number of amides is 2. The second-order valence-corrected chi connectivity index (χ2v) is 8.40. The van der Waals surface area contributed by atoms with Crippen molar-refractivity contribution in [1.82, 2.24) is 10.2 Å². The van der Waals surface area contributed by atoms with Crippen LogP contribution >= 0.6 is 11.6 Å². The van der Waals surface area contributed by atoms with Crippen LogP contribution in [-0.2, 0) is 4.79 Å². The molecule has 2 aromatic rings. The van der Waals surface area contributed by atoms with E-state index in [0.717, 1.165) is 18.5 Å². The molecule has 33 heavy (non-hydrogen) atoms. The fourth-order valence-corrected chi connectivity index (χ4v) is 3.86. The first kappa shape index (κ1) is 24.5. The zero-order chi connectivity index (χ0) is 23.8. The number of carbonyl (C=O) groups is 3. The monoisotopic (exact) mass is 472 g/mol. The molecule has 8 nitrogen and oxygen atoms in total. The molecule has 1 aliphatic rings. The van der Waals surface area contributed by atoms with Gasteiger partial charge in [0.2, 0.25) is 5.91 Å². The van der Waals surface area contributed by atoms with E-state index in [1.54, 1.807) is 36.4 Å². The van der Waals surface area contributed by atoms with Crippen LogP contribution in [-0.4, -0.2) is 67.1 Å². The van der Waals surface area contributed by atoms with Crippen molar-refractivity contribution in [2.24, 2.45) is 0 Å². The molecule has 0 aromatic heterocycles. The molecule has 2 aromatic carbocycles. The number of carboxylic acids is 1. The molecule has 1 saturated heterocycles. The molecule has 0 atom stereocenters. The summed E-state index contributed by atoms with van der Waals surface area (Å²) in [7, 11) is 0. The Labute approximate surface area is 198 Å². The summed E-state index contributed by atoms with van der Waals surface area (Å²) in [6.07, 6.45) is 2.02. The molecule has 176 valence electrons. The molecule has 9 heteroatoms. The van der Waals surface area contributed by atoms with Crippen molar-refractivity contribution < 1.29 is 19.5 Å². The number of unbranched alkanes of at least 4 members (excludes halogenated alkanes) is 1. The molecule has 0 bridgehead atoms. The molecule has 2 amide bonds. The van der Waals surface area contributed by atoms with Crippen LogP contribution in [0.15, 0.2) is 42.5 Å². The van der Waals surface area contributed by atoms with Crippen molar-refractivity contribution in [3.63, 3.8) is 0 Å². The lowest BCUT2D eigenvalue weighted by Gasteiger charge is -2.36. The Morgan fingerprint density at radius 3 is 2.48 bits per heavy atom. The highest BCUT2D eigenvalue weighted by Crippen LogP contribution is 2.25. The van der Waals surface area contributed by atoms with Gasteiger partial charge in [-0.25, -0.2) is 4.79 Å².